The molecule has 1 saturated carbocycles. The molecule has 1 fully saturated rings. The van der Waals surface area contributed by atoms with Crippen LogP contribution < -0.4 is 5.32 Å². The Balaban J connectivity index is 2.12. The highest BCUT2D eigenvalue weighted by Crippen LogP contribution is 2.20. The van der Waals surface area contributed by atoms with Crippen molar-refractivity contribution in [2.24, 2.45) is 0 Å². The molecule has 0 aromatic carbocycles. The summed E-state index contributed by atoms with van der Waals surface area (Å²) in [5, 5.41) is 3.67. The van der Waals surface area contributed by atoms with Crippen LogP contribution in [0.4, 0.5) is 0 Å². The summed E-state index contributed by atoms with van der Waals surface area (Å²) in [6.45, 7) is 9.14. The first-order valence-electron chi connectivity index (χ1n) is 7.30. The van der Waals surface area contributed by atoms with Crippen LogP contribution in [0.15, 0.2) is 0 Å². The SMILES string of the molecule is CCN(CC)CCCNC1CCCCC1OC. The van der Waals surface area contributed by atoms with Crippen LogP contribution in [0.1, 0.15) is 46.0 Å². The number of nitrogens with zero attached hydrogens (tertiary/aromatic N) is 1. The van der Waals surface area contributed by atoms with Crippen molar-refractivity contribution in [3.05, 3.63) is 0 Å². The van der Waals surface area contributed by atoms with E-state index in [1.165, 1.54) is 51.7 Å². The second-order valence-electron chi connectivity index (χ2n) is 5.00. The van der Waals surface area contributed by atoms with E-state index in [0.717, 1.165) is 6.54 Å². The smallest absolute Gasteiger partial charge is 0.0724 e. The molecule has 0 aromatic heterocycles. The van der Waals surface area contributed by atoms with Gasteiger partial charge in [0.15, 0.2) is 0 Å². The molecule has 1 rings (SSSR count). The van der Waals surface area contributed by atoms with Gasteiger partial charge in [0.25, 0.3) is 0 Å². The molecule has 102 valence electrons. The summed E-state index contributed by atoms with van der Waals surface area (Å²) in [5.74, 6) is 0. The number of hydrogen-bond donors (Lipinski definition) is 1. The van der Waals surface area contributed by atoms with Crippen LogP contribution in [-0.2, 0) is 4.74 Å². The molecule has 0 amide bonds. The van der Waals surface area contributed by atoms with Crippen molar-refractivity contribution in [1.29, 1.82) is 0 Å². The standard InChI is InChI=1S/C14H30N2O/c1-4-16(5-2)12-8-11-15-13-9-6-7-10-14(13)17-3/h13-15H,4-12H2,1-3H3. The first-order chi connectivity index (χ1) is 8.31. The molecule has 17 heavy (non-hydrogen) atoms. The molecule has 0 bridgehead atoms. The molecule has 0 saturated heterocycles. The predicted molar refractivity (Wildman–Crippen MR) is 73.5 cm³/mol. The molecule has 0 aliphatic heterocycles. The fourth-order valence-corrected chi connectivity index (χ4v) is 2.74. The Morgan fingerprint density at radius 3 is 2.53 bits per heavy atom. The van der Waals surface area contributed by atoms with E-state index in [1.807, 2.05) is 7.11 Å². The molecular formula is C14H30N2O. The van der Waals surface area contributed by atoms with E-state index in [9.17, 15) is 0 Å². The lowest BCUT2D eigenvalue weighted by Gasteiger charge is -2.31. The fraction of sp³-hybridized carbons (Fsp3) is 1.00. The summed E-state index contributed by atoms with van der Waals surface area (Å²) in [7, 11) is 1.85. The molecular weight excluding hydrogens is 212 g/mol. The van der Waals surface area contributed by atoms with Crippen molar-refractivity contribution in [1.82, 2.24) is 10.2 Å². The van der Waals surface area contributed by atoms with E-state index in [2.05, 4.69) is 24.1 Å². The van der Waals surface area contributed by atoms with E-state index in [4.69, 9.17) is 4.74 Å². The van der Waals surface area contributed by atoms with Gasteiger partial charge in [-0.3, -0.25) is 0 Å². The Labute approximate surface area is 107 Å². The molecule has 1 N–H and O–H groups in total. The van der Waals surface area contributed by atoms with E-state index in [1.54, 1.807) is 0 Å². The minimum Gasteiger partial charge on any atom is -0.380 e. The van der Waals surface area contributed by atoms with Crippen LogP contribution in [0.5, 0.6) is 0 Å². The normalized spacial score (nSPS) is 25.4. The van der Waals surface area contributed by atoms with Gasteiger partial charge in [-0.05, 0) is 45.4 Å². The summed E-state index contributed by atoms with van der Waals surface area (Å²) in [5.41, 5.74) is 0. The van der Waals surface area contributed by atoms with Gasteiger partial charge in [0.2, 0.25) is 0 Å². The number of methoxy groups -OCH3 is 1. The number of rotatable bonds is 8. The Bertz CT molecular complexity index is 183. The third-order valence-electron chi connectivity index (χ3n) is 3.96. The van der Waals surface area contributed by atoms with Crippen LogP contribution in [-0.4, -0.2) is 50.3 Å². The molecule has 0 heterocycles. The van der Waals surface area contributed by atoms with Crippen molar-refractivity contribution in [3.63, 3.8) is 0 Å². The zero-order valence-corrected chi connectivity index (χ0v) is 11.9. The topological polar surface area (TPSA) is 24.5 Å². The molecule has 3 nitrogen and oxygen atoms in total. The highest BCUT2D eigenvalue weighted by atomic mass is 16.5. The van der Waals surface area contributed by atoms with Gasteiger partial charge in [-0.15, -0.1) is 0 Å². The molecule has 0 radical (unpaired) electrons. The van der Waals surface area contributed by atoms with E-state index < -0.39 is 0 Å². The minimum atomic E-state index is 0.442. The van der Waals surface area contributed by atoms with E-state index in [0.29, 0.717) is 12.1 Å². The summed E-state index contributed by atoms with van der Waals surface area (Å²) in [6, 6.07) is 0.588. The van der Waals surface area contributed by atoms with Crippen LogP contribution >= 0.6 is 0 Å². The largest absolute Gasteiger partial charge is 0.380 e. The maximum Gasteiger partial charge on any atom is 0.0724 e. The molecule has 2 unspecified atom stereocenters. The number of hydrogen-bond acceptors (Lipinski definition) is 3. The highest BCUT2D eigenvalue weighted by Gasteiger charge is 2.23. The van der Waals surface area contributed by atoms with E-state index in [-0.39, 0.29) is 0 Å². The Morgan fingerprint density at radius 1 is 1.18 bits per heavy atom. The summed E-state index contributed by atoms with van der Waals surface area (Å²) in [6.07, 6.45) is 6.88. The van der Waals surface area contributed by atoms with Crippen molar-refractivity contribution in [2.45, 2.75) is 58.1 Å². The van der Waals surface area contributed by atoms with E-state index >= 15 is 0 Å². The number of nitrogens with one attached hydrogen (secondary N) is 1. The molecule has 1 aliphatic rings. The molecule has 0 aromatic rings. The van der Waals surface area contributed by atoms with Gasteiger partial charge in [0.1, 0.15) is 0 Å². The van der Waals surface area contributed by atoms with Gasteiger partial charge in [-0.1, -0.05) is 26.7 Å². The van der Waals surface area contributed by atoms with Gasteiger partial charge in [0.05, 0.1) is 6.10 Å². The van der Waals surface area contributed by atoms with Gasteiger partial charge >= 0.3 is 0 Å². The van der Waals surface area contributed by atoms with Gasteiger partial charge in [-0.2, -0.15) is 0 Å². The van der Waals surface area contributed by atoms with Crippen LogP contribution in [0.3, 0.4) is 0 Å². The summed E-state index contributed by atoms with van der Waals surface area (Å²) in [4.78, 5) is 2.48. The predicted octanol–water partition coefficient (Wildman–Crippen LogP) is 2.27. The lowest BCUT2D eigenvalue weighted by atomic mass is 9.92. The lowest BCUT2D eigenvalue weighted by molar-refractivity contribution is 0.0417. The zero-order valence-electron chi connectivity index (χ0n) is 11.9. The first kappa shape index (κ1) is 14.9. The second kappa shape index (κ2) is 8.90. The summed E-state index contributed by atoms with van der Waals surface area (Å²) >= 11 is 0. The first-order valence-corrected chi connectivity index (χ1v) is 7.30. The summed E-state index contributed by atoms with van der Waals surface area (Å²) < 4.78 is 5.55. The lowest BCUT2D eigenvalue weighted by Crippen LogP contribution is -2.44. The average Bonchev–Trinajstić information content (AvgIpc) is 2.39. The number of ether oxygens (including phenoxy) is 1. The fourth-order valence-electron chi connectivity index (χ4n) is 2.74. The maximum atomic E-state index is 5.55. The van der Waals surface area contributed by atoms with Crippen LogP contribution in [0.2, 0.25) is 0 Å². The average molecular weight is 242 g/mol. The Morgan fingerprint density at radius 2 is 1.88 bits per heavy atom. The van der Waals surface area contributed by atoms with Crippen molar-refractivity contribution in [3.8, 4) is 0 Å². The Hall–Kier alpha value is -0.120. The van der Waals surface area contributed by atoms with Crippen molar-refractivity contribution >= 4 is 0 Å². The van der Waals surface area contributed by atoms with Gasteiger partial charge in [-0.25, -0.2) is 0 Å². The third-order valence-corrected chi connectivity index (χ3v) is 3.96. The second-order valence-corrected chi connectivity index (χ2v) is 5.00. The monoisotopic (exact) mass is 242 g/mol. The molecule has 0 spiro atoms. The molecule has 3 heteroatoms. The maximum absolute atomic E-state index is 5.55. The molecule has 2 atom stereocenters. The van der Waals surface area contributed by atoms with Gasteiger partial charge in [0, 0.05) is 13.2 Å². The van der Waals surface area contributed by atoms with Crippen molar-refractivity contribution < 1.29 is 4.74 Å². The van der Waals surface area contributed by atoms with Crippen molar-refractivity contribution in [2.75, 3.05) is 33.3 Å². The zero-order chi connectivity index (χ0) is 12.5. The minimum absolute atomic E-state index is 0.442. The van der Waals surface area contributed by atoms with Crippen LogP contribution in [0, 0.1) is 0 Å². The molecule has 1 aliphatic carbocycles. The van der Waals surface area contributed by atoms with Gasteiger partial charge < -0.3 is 15.0 Å². The Kier molecular flexibility index (Phi) is 7.82. The van der Waals surface area contributed by atoms with Crippen LogP contribution in [0.25, 0.3) is 0 Å². The quantitative estimate of drug-likeness (QED) is 0.661. The third kappa shape index (κ3) is 5.36. The highest BCUT2D eigenvalue weighted by molar-refractivity contribution is 4.81.